The molecule has 8 heteroatoms. The Hall–Kier alpha value is -2.81. The van der Waals surface area contributed by atoms with Crippen LogP contribution in [0.4, 0.5) is 0 Å². The summed E-state index contributed by atoms with van der Waals surface area (Å²) in [5, 5.41) is 32.9. The van der Waals surface area contributed by atoms with Crippen molar-refractivity contribution in [1.29, 1.82) is 0 Å². The van der Waals surface area contributed by atoms with Gasteiger partial charge in [-0.1, -0.05) is 12.1 Å². The SMILES string of the molecule is COC(=O)c1ccc(OCC(O)CNC(C)C(O)c2ccc(O)cc2)c(OC)c1. The number of carbonyl (C=O) groups excluding carboxylic acids is 1. The Morgan fingerprint density at radius 1 is 1.07 bits per heavy atom. The number of hydrogen-bond acceptors (Lipinski definition) is 8. The second-order valence-corrected chi connectivity index (χ2v) is 6.56. The maximum Gasteiger partial charge on any atom is 0.337 e. The third kappa shape index (κ3) is 6.35. The van der Waals surface area contributed by atoms with Crippen molar-refractivity contribution in [2.75, 3.05) is 27.4 Å². The highest BCUT2D eigenvalue weighted by molar-refractivity contribution is 5.90. The number of aliphatic hydroxyl groups is 2. The molecule has 0 bridgehead atoms. The minimum absolute atomic E-state index is 0.0110. The standard InChI is InChI=1S/C21H27NO7/c1-13(20(25)14-4-7-16(23)8-5-14)22-11-17(24)12-29-18-9-6-15(21(26)28-3)10-19(18)27-2/h4-10,13,17,20,22-25H,11-12H2,1-3H3. The monoisotopic (exact) mass is 405 g/mol. The molecule has 3 unspecified atom stereocenters. The molecule has 0 aromatic heterocycles. The predicted molar refractivity (Wildman–Crippen MR) is 106 cm³/mol. The van der Waals surface area contributed by atoms with E-state index in [1.165, 1.54) is 32.4 Å². The first-order valence-corrected chi connectivity index (χ1v) is 9.13. The predicted octanol–water partition coefficient (Wildman–Crippen LogP) is 1.64. The molecule has 0 saturated carbocycles. The maximum atomic E-state index is 11.6. The summed E-state index contributed by atoms with van der Waals surface area (Å²) >= 11 is 0. The van der Waals surface area contributed by atoms with Crippen LogP contribution in [0.1, 0.15) is 28.9 Å². The molecular formula is C21H27NO7. The van der Waals surface area contributed by atoms with Crippen LogP contribution < -0.4 is 14.8 Å². The van der Waals surface area contributed by atoms with Gasteiger partial charge in [0.25, 0.3) is 0 Å². The minimum Gasteiger partial charge on any atom is -0.508 e. The van der Waals surface area contributed by atoms with E-state index in [4.69, 9.17) is 9.47 Å². The molecule has 0 amide bonds. The van der Waals surface area contributed by atoms with Gasteiger partial charge in [-0.15, -0.1) is 0 Å². The molecule has 0 saturated heterocycles. The number of aromatic hydroxyl groups is 1. The highest BCUT2D eigenvalue weighted by atomic mass is 16.5. The van der Waals surface area contributed by atoms with Crippen LogP contribution in [0.2, 0.25) is 0 Å². The fraction of sp³-hybridized carbons (Fsp3) is 0.381. The van der Waals surface area contributed by atoms with Crippen molar-refractivity contribution in [3.8, 4) is 17.2 Å². The summed E-state index contributed by atoms with van der Waals surface area (Å²) in [6.45, 7) is 1.97. The summed E-state index contributed by atoms with van der Waals surface area (Å²) in [5.41, 5.74) is 0.986. The van der Waals surface area contributed by atoms with E-state index in [1.54, 1.807) is 31.2 Å². The largest absolute Gasteiger partial charge is 0.508 e. The number of methoxy groups -OCH3 is 2. The third-order valence-corrected chi connectivity index (χ3v) is 4.40. The van der Waals surface area contributed by atoms with Gasteiger partial charge in [0, 0.05) is 12.6 Å². The summed E-state index contributed by atoms with van der Waals surface area (Å²) in [6, 6.07) is 10.6. The zero-order chi connectivity index (χ0) is 21.4. The van der Waals surface area contributed by atoms with Gasteiger partial charge >= 0.3 is 5.97 Å². The smallest absolute Gasteiger partial charge is 0.337 e. The van der Waals surface area contributed by atoms with Crippen molar-refractivity contribution in [3.63, 3.8) is 0 Å². The number of phenols is 1. The maximum absolute atomic E-state index is 11.6. The number of benzene rings is 2. The first-order valence-electron chi connectivity index (χ1n) is 9.13. The van der Waals surface area contributed by atoms with Crippen LogP contribution in [0, 0.1) is 0 Å². The van der Waals surface area contributed by atoms with E-state index in [9.17, 15) is 20.1 Å². The second-order valence-electron chi connectivity index (χ2n) is 6.56. The lowest BCUT2D eigenvalue weighted by molar-refractivity contribution is 0.0599. The van der Waals surface area contributed by atoms with E-state index in [-0.39, 0.29) is 24.9 Å². The minimum atomic E-state index is -0.838. The first kappa shape index (κ1) is 22.5. The molecule has 0 spiro atoms. The van der Waals surface area contributed by atoms with Crippen molar-refractivity contribution in [2.45, 2.75) is 25.2 Å². The van der Waals surface area contributed by atoms with Crippen molar-refractivity contribution >= 4 is 5.97 Å². The summed E-state index contributed by atoms with van der Waals surface area (Å²) in [4.78, 5) is 11.6. The van der Waals surface area contributed by atoms with Gasteiger partial charge < -0.3 is 34.8 Å². The van der Waals surface area contributed by atoms with Crippen LogP contribution in [-0.4, -0.2) is 60.8 Å². The lowest BCUT2D eigenvalue weighted by atomic mass is 10.0. The average molecular weight is 405 g/mol. The molecule has 0 radical (unpaired) electrons. The Labute approximate surface area is 169 Å². The molecule has 2 aromatic carbocycles. The normalized spacial score (nSPS) is 14.0. The quantitative estimate of drug-likeness (QED) is 0.441. The summed E-state index contributed by atoms with van der Waals surface area (Å²) in [5.74, 6) is 0.380. The highest BCUT2D eigenvalue weighted by Crippen LogP contribution is 2.28. The van der Waals surface area contributed by atoms with Crippen molar-refractivity contribution < 1.29 is 34.3 Å². The third-order valence-electron chi connectivity index (χ3n) is 4.40. The molecule has 3 atom stereocenters. The van der Waals surface area contributed by atoms with Crippen LogP contribution in [0.15, 0.2) is 42.5 Å². The highest BCUT2D eigenvalue weighted by Gasteiger charge is 2.18. The second kappa shape index (κ2) is 10.7. The van der Waals surface area contributed by atoms with Gasteiger partial charge in [0.05, 0.1) is 25.9 Å². The summed E-state index contributed by atoms with van der Waals surface area (Å²) in [6.07, 6.45) is -1.64. The average Bonchev–Trinajstić information content (AvgIpc) is 2.75. The molecule has 0 aliphatic heterocycles. The molecule has 4 N–H and O–H groups in total. The van der Waals surface area contributed by atoms with E-state index in [0.29, 0.717) is 22.6 Å². The van der Waals surface area contributed by atoms with Gasteiger partial charge in [-0.3, -0.25) is 0 Å². The Morgan fingerprint density at radius 3 is 2.38 bits per heavy atom. The first-order chi connectivity index (χ1) is 13.8. The zero-order valence-corrected chi connectivity index (χ0v) is 16.7. The van der Waals surface area contributed by atoms with Crippen LogP contribution >= 0.6 is 0 Å². The molecule has 2 rings (SSSR count). The van der Waals surface area contributed by atoms with Crippen molar-refractivity contribution in [3.05, 3.63) is 53.6 Å². The molecule has 0 fully saturated rings. The number of ether oxygens (including phenoxy) is 3. The number of aliphatic hydroxyl groups excluding tert-OH is 2. The molecule has 29 heavy (non-hydrogen) atoms. The Bertz CT molecular complexity index is 794. The molecule has 158 valence electrons. The van der Waals surface area contributed by atoms with Gasteiger partial charge in [0.1, 0.15) is 18.5 Å². The van der Waals surface area contributed by atoms with E-state index < -0.39 is 18.2 Å². The molecule has 8 nitrogen and oxygen atoms in total. The van der Waals surface area contributed by atoms with Gasteiger partial charge in [0.2, 0.25) is 0 Å². The Balaban J connectivity index is 1.85. The molecule has 0 aliphatic carbocycles. The van der Waals surface area contributed by atoms with Gasteiger partial charge in [-0.2, -0.15) is 0 Å². The molecule has 2 aromatic rings. The zero-order valence-electron chi connectivity index (χ0n) is 16.7. The lowest BCUT2D eigenvalue weighted by Gasteiger charge is -2.22. The number of esters is 1. The number of carbonyl (C=O) groups is 1. The van der Waals surface area contributed by atoms with Crippen LogP contribution in [0.3, 0.4) is 0 Å². The molecule has 0 aliphatic rings. The van der Waals surface area contributed by atoms with Crippen molar-refractivity contribution in [2.24, 2.45) is 0 Å². The van der Waals surface area contributed by atoms with E-state index >= 15 is 0 Å². The fourth-order valence-electron chi connectivity index (χ4n) is 2.67. The number of nitrogens with one attached hydrogen (secondary N) is 1. The number of phenolic OH excluding ortho intramolecular Hbond substituents is 1. The summed E-state index contributed by atoms with van der Waals surface area (Å²) in [7, 11) is 2.75. The van der Waals surface area contributed by atoms with Crippen LogP contribution in [-0.2, 0) is 4.74 Å². The lowest BCUT2D eigenvalue weighted by Crippen LogP contribution is -2.39. The van der Waals surface area contributed by atoms with Gasteiger partial charge in [-0.05, 0) is 42.8 Å². The molecular weight excluding hydrogens is 378 g/mol. The van der Waals surface area contributed by atoms with E-state index in [2.05, 4.69) is 10.1 Å². The van der Waals surface area contributed by atoms with Gasteiger partial charge in [0.15, 0.2) is 11.5 Å². The fourth-order valence-corrected chi connectivity index (χ4v) is 2.67. The van der Waals surface area contributed by atoms with E-state index in [1.807, 2.05) is 0 Å². The van der Waals surface area contributed by atoms with Gasteiger partial charge in [-0.25, -0.2) is 4.79 Å². The van der Waals surface area contributed by atoms with Crippen LogP contribution in [0.25, 0.3) is 0 Å². The van der Waals surface area contributed by atoms with E-state index in [0.717, 1.165) is 0 Å². The Kier molecular flexibility index (Phi) is 8.26. The van der Waals surface area contributed by atoms with Crippen LogP contribution in [0.5, 0.6) is 17.2 Å². The van der Waals surface area contributed by atoms with Crippen molar-refractivity contribution in [1.82, 2.24) is 5.32 Å². The topological polar surface area (TPSA) is 117 Å². The Morgan fingerprint density at radius 2 is 1.76 bits per heavy atom. The number of rotatable bonds is 10. The summed E-state index contributed by atoms with van der Waals surface area (Å²) < 4.78 is 15.5. The molecule has 0 heterocycles. The number of hydrogen-bond donors (Lipinski definition) is 4.